The summed E-state index contributed by atoms with van der Waals surface area (Å²) >= 11 is 7.64. The lowest BCUT2D eigenvalue weighted by Gasteiger charge is -2.32. The molecule has 5 heteroatoms. The molecule has 0 spiro atoms. The van der Waals surface area contributed by atoms with Crippen molar-refractivity contribution < 1.29 is 4.79 Å². The molecule has 0 heterocycles. The van der Waals surface area contributed by atoms with Gasteiger partial charge in [0.25, 0.3) is 0 Å². The van der Waals surface area contributed by atoms with Gasteiger partial charge in [-0.05, 0) is 75.1 Å². The molecule has 2 N–H and O–H groups in total. The van der Waals surface area contributed by atoms with Crippen LogP contribution in [-0.2, 0) is 4.79 Å². The van der Waals surface area contributed by atoms with Crippen LogP contribution < -0.4 is 10.0 Å². The number of nitrogens with one attached hydrogen (secondary N) is 2. The second-order valence-electron chi connectivity index (χ2n) is 7.74. The maximum absolute atomic E-state index is 12.8. The van der Waals surface area contributed by atoms with E-state index >= 15 is 0 Å². The van der Waals surface area contributed by atoms with Gasteiger partial charge in [-0.3, -0.25) is 4.79 Å². The number of carbonyl (C=O) groups is 1. The molecular weight excluding hydrogens is 352 g/mol. The van der Waals surface area contributed by atoms with Gasteiger partial charge in [0.2, 0.25) is 5.91 Å². The lowest BCUT2D eigenvalue weighted by atomic mass is 9.87. The lowest BCUT2D eigenvalue weighted by molar-refractivity contribution is -0.126. The van der Waals surface area contributed by atoms with Gasteiger partial charge in [-0.15, -0.1) is 0 Å². The second kappa shape index (κ2) is 7.34. The predicted molar refractivity (Wildman–Crippen MR) is 106 cm³/mol. The summed E-state index contributed by atoms with van der Waals surface area (Å²) in [6.45, 7) is 8.05. The van der Waals surface area contributed by atoms with Crippen molar-refractivity contribution in [2.45, 2.75) is 63.4 Å². The molecule has 25 heavy (non-hydrogen) atoms. The molecule has 3 rings (SSSR count). The van der Waals surface area contributed by atoms with Gasteiger partial charge in [-0.25, -0.2) is 4.72 Å². The summed E-state index contributed by atoms with van der Waals surface area (Å²) in [5.74, 6) is 1.39. The summed E-state index contributed by atoms with van der Waals surface area (Å²) in [5.41, 5.74) is 1.89. The summed E-state index contributed by atoms with van der Waals surface area (Å²) in [6, 6.07) is 5.99. The van der Waals surface area contributed by atoms with Crippen molar-refractivity contribution in [3.63, 3.8) is 0 Å². The Morgan fingerprint density at radius 2 is 2.16 bits per heavy atom. The molecule has 2 aliphatic rings. The van der Waals surface area contributed by atoms with Gasteiger partial charge in [0.05, 0.1) is 6.04 Å². The van der Waals surface area contributed by atoms with E-state index in [2.05, 4.69) is 23.0 Å². The zero-order chi connectivity index (χ0) is 18.2. The van der Waals surface area contributed by atoms with Gasteiger partial charge in [0, 0.05) is 9.92 Å². The van der Waals surface area contributed by atoms with Crippen LogP contribution in [0.25, 0.3) is 0 Å². The molecule has 1 aromatic carbocycles. The quantitative estimate of drug-likeness (QED) is 0.547. The first-order valence-electron chi connectivity index (χ1n) is 9.02. The van der Waals surface area contributed by atoms with Crippen LogP contribution in [0.5, 0.6) is 0 Å². The van der Waals surface area contributed by atoms with E-state index in [-0.39, 0.29) is 11.9 Å². The highest BCUT2D eigenvalue weighted by Gasteiger charge is 2.40. The second-order valence-corrected chi connectivity index (χ2v) is 8.99. The predicted octanol–water partition coefficient (Wildman–Crippen LogP) is 4.88. The Bertz CT molecular complexity index is 701. The van der Waals surface area contributed by atoms with Crippen LogP contribution in [0.2, 0.25) is 5.02 Å². The summed E-state index contributed by atoms with van der Waals surface area (Å²) in [5, 5.41) is 4.01. The third-order valence-corrected chi connectivity index (χ3v) is 7.04. The Kier molecular flexibility index (Phi) is 5.52. The lowest BCUT2D eigenvalue weighted by Crippen LogP contribution is -2.54. The van der Waals surface area contributed by atoms with Crippen LogP contribution in [0.4, 0.5) is 0 Å². The van der Waals surface area contributed by atoms with Crippen molar-refractivity contribution in [2.75, 3.05) is 0 Å². The zero-order valence-electron chi connectivity index (χ0n) is 15.4. The molecule has 3 nitrogen and oxygen atoms in total. The van der Waals surface area contributed by atoms with Crippen molar-refractivity contribution in [1.82, 2.24) is 10.0 Å². The molecule has 3 atom stereocenters. The van der Waals surface area contributed by atoms with E-state index < -0.39 is 5.54 Å². The van der Waals surface area contributed by atoms with Crippen LogP contribution in [0, 0.1) is 18.8 Å². The van der Waals surface area contributed by atoms with Gasteiger partial charge >= 0.3 is 0 Å². The molecule has 0 aromatic heterocycles. The minimum atomic E-state index is -0.670. The highest BCUT2D eigenvalue weighted by atomic mass is 35.5. The van der Waals surface area contributed by atoms with E-state index in [1.165, 1.54) is 30.4 Å². The van der Waals surface area contributed by atoms with E-state index in [4.69, 9.17) is 11.6 Å². The van der Waals surface area contributed by atoms with E-state index in [1.54, 1.807) is 0 Å². The van der Waals surface area contributed by atoms with Gasteiger partial charge < -0.3 is 5.32 Å². The fourth-order valence-corrected chi connectivity index (χ4v) is 4.48. The maximum Gasteiger partial charge on any atom is 0.241 e. The number of amides is 1. The number of benzene rings is 1. The number of hydrogen-bond donors (Lipinski definition) is 2. The van der Waals surface area contributed by atoms with Crippen LogP contribution in [0.3, 0.4) is 0 Å². The first kappa shape index (κ1) is 18.8. The fraction of sp³-hybridized carbons (Fsp3) is 0.550. The SMILES string of the molecule is CCC1CC2CC2=CC1NC(=O)C(C)(C)NSc1cccc(Cl)c1C. The molecule has 2 aliphatic carbocycles. The van der Waals surface area contributed by atoms with Crippen molar-refractivity contribution in [3.8, 4) is 0 Å². The minimum absolute atomic E-state index is 0.0408. The van der Waals surface area contributed by atoms with Gasteiger partial charge in [0.1, 0.15) is 5.54 Å². The largest absolute Gasteiger partial charge is 0.348 e. The Labute approximate surface area is 160 Å². The van der Waals surface area contributed by atoms with Gasteiger partial charge in [-0.2, -0.15) is 0 Å². The average Bonchev–Trinajstić information content (AvgIpc) is 3.33. The average molecular weight is 379 g/mol. The first-order chi connectivity index (χ1) is 11.8. The van der Waals surface area contributed by atoms with Gasteiger partial charge in [-0.1, -0.05) is 42.7 Å². The Morgan fingerprint density at radius 1 is 1.40 bits per heavy atom. The highest BCUT2D eigenvalue weighted by Crippen LogP contribution is 2.48. The van der Waals surface area contributed by atoms with E-state index in [0.29, 0.717) is 5.92 Å². The van der Waals surface area contributed by atoms with Gasteiger partial charge in [0.15, 0.2) is 0 Å². The van der Waals surface area contributed by atoms with E-state index in [0.717, 1.165) is 27.8 Å². The normalized spacial score (nSPS) is 25.2. The molecule has 1 aromatic rings. The smallest absolute Gasteiger partial charge is 0.241 e. The molecule has 1 saturated carbocycles. The van der Waals surface area contributed by atoms with Crippen molar-refractivity contribution in [1.29, 1.82) is 0 Å². The van der Waals surface area contributed by atoms with E-state index in [9.17, 15) is 4.79 Å². The summed E-state index contributed by atoms with van der Waals surface area (Å²) in [4.78, 5) is 13.9. The Balaban J connectivity index is 1.62. The zero-order valence-corrected chi connectivity index (χ0v) is 16.9. The van der Waals surface area contributed by atoms with Crippen LogP contribution >= 0.6 is 23.5 Å². The number of hydrogen-bond acceptors (Lipinski definition) is 3. The highest BCUT2D eigenvalue weighted by molar-refractivity contribution is 7.97. The summed E-state index contributed by atoms with van der Waals surface area (Å²) in [7, 11) is 0. The van der Waals surface area contributed by atoms with Crippen molar-refractivity contribution >= 4 is 29.5 Å². The number of fused-ring (bicyclic) bond motifs is 1. The summed E-state index contributed by atoms with van der Waals surface area (Å²) in [6.07, 6.45) is 5.85. The standard InChI is InChI=1S/C20H27ClN2OS/c1-5-13-9-14-10-15(14)11-17(13)22-19(24)20(3,4)23-25-18-8-6-7-16(21)12(18)2/h6-8,11,13-14,17,23H,5,9-10H2,1-4H3,(H,22,24). The molecule has 1 fully saturated rings. The maximum atomic E-state index is 12.8. The Morgan fingerprint density at radius 3 is 2.88 bits per heavy atom. The molecule has 136 valence electrons. The van der Waals surface area contributed by atoms with Crippen molar-refractivity contribution in [2.24, 2.45) is 11.8 Å². The molecule has 0 saturated heterocycles. The number of carbonyl (C=O) groups excluding carboxylic acids is 1. The van der Waals surface area contributed by atoms with Crippen molar-refractivity contribution in [3.05, 3.63) is 40.4 Å². The van der Waals surface area contributed by atoms with Crippen LogP contribution in [0.1, 0.15) is 45.6 Å². The monoisotopic (exact) mass is 378 g/mol. The topological polar surface area (TPSA) is 41.1 Å². The molecule has 1 amide bonds. The Hall–Kier alpha value is -0.970. The third kappa shape index (κ3) is 4.24. The fourth-order valence-electron chi connectivity index (χ4n) is 3.38. The first-order valence-corrected chi connectivity index (χ1v) is 10.2. The third-order valence-electron chi connectivity index (χ3n) is 5.36. The number of allylic oxidation sites excluding steroid dienone is 1. The molecule has 3 unspecified atom stereocenters. The van der Waals surface area contributed by atoms with E-state index in [1.807, 2.05) is 39.0 Å². The number of halogens is 1. The summed E-state index contributed by atoms with van der Waals surface area (Å²) < 4.78 is 3.31. The molecule has 0 radical (unpaired) electrons. The molecule has 0 aliphatic heterocycles. The van der Waals surface area contributed by atoms with Crippen LogP contribution in [0.15, 0.2) is 34.7 Å². The van der Waals surface area contributed by atoms with Crippen LogP contribution in [-0.4, -0.2) is 17.5 Å². The molecule has 0 bridgehead atoms. The molecular formula is C20H27ClN2OS. The number of rotatable bonds is 6. The minimum Gasteiger partial charge on any atom is -0.348 e.